The minimum absolute atomic E-state index is 0.0121. The number of amides is 2. The summed E-state index contributed by atoms with van der Waals surface area (Å²) < 4.78 is 0. The summed E-state index contributed by atoms with van der Waals surface area (Å²) in [4.78, 5) is 26.2. The summed E-state index contributed by atoms with van der Waals surface area (Å²) in [5.74, 6) is -1.27. The normalized spacial score (nSPS) is 20.9. The van der Waals surface area contributed by atoms with Crippen LogP contribution < -0.4 is 5.32 Å². The van der Waals surface area contributed by atoms with E-state index in [4.69, 9.17) is 10.2 Å². The molecular formula is C12H23N3O4. The molecule has 0 bridgehead atoms. The lowest BCUT2D eigenvalue weighted by molar-refractivity contribution is -0.146. The highest BCUT2D eigenvalue weighted by atomic mass is 16.4. The predicted molar refractivity (Wildman–Crippen MR) is 69.9 cm³/mol. The first-order valence-electron chi connectivity index (χ1n) is 6.39. The highest BCUT2D eigenvalue weighted by Gasteiger charge is 2.33. The molecule has 110 valence electrons. The van der Waals surface area contributed by atoms with Crippen LogP contribution in [0.3, 0.4) is 0 Å². The lowest BCUT2D eigenvalue weighted by Gasteiger charge is -2.45. The van der Waals surface area contributed by atoms with Crippen LogP contribution in [0.5, 0.6) is 0 Å². The van der Waals surface area contributed by atoms with Gasteiger partial charge >= 0.3 is 12.0 Å². The summed E-state index contributed by atoms with van der Waals surface area (Å²) >= 11 is 0. The van der Waals surface area contributed by atoms with Gasteiger partial charge in [-0.15, -0.1) is 0 Å². The number of urea groups is 1. The van der Waals surface area contributed by atoms with Crippen LogP contribution in [0.4, 0.5) is 4.79 Å². The Morgan fingerprint density at radius 3 is 2.53 bits per heavy atom. The van der Waals surface area contributed by atoms with Crippen molar-refractivity contribution >= 4 is 12.0 Å². The Hall–Kier alpha value is -1.34. The van der Waals surface area contributed by atoms with Crippen molar-refractivity contribution in [3.63, 3.8) is 0 Å². The second-order valence-electron chi connectivity index (χ2n) is 5.53. The standard InChI is InChI=1S/C12H23N3O4/c1-12(2)8-15(7-6-14(12)3)11(19)13-5-4-9(16)10(17)18/h9,16H,4-8H2,1-3H3,(H,13,19)(H,17,18). The van der Waals surface area contributed by atoms with E-state index in [1.165, 1.54) is 0 Å². The minimum Gasteiger partial charge on any atom is -0.479 e. The van der Waals surface area contributed by atoms with Gasteiger partial charge in [-0.3, -0.25) is 4.90 Å². The average molecular weight is 273 g/mol. The number of carboxylic acids is 1. The molecule has 19 heavy (non-hydrogen) atoms. The highest BCUT2D eigenvalue weighted by Crippen LogP contribution is 2.18. The van der Waals surface area contributed by atoms with E-state index in [1.807, 2.05) is 7.05 Å². The van der Waals surface area contributed by atoms with Gasteiger partial charge in [0, 0.05) is 38.1 Å². The molecule has 1 rings (SSSR count). The summed E-state index contributed by atoms with van der Waals surface area (Å²) in [5.41, 5.74) is -0.0732. The fourth-order valence-corrected chi connectivity index (χ4v) is 1.96. The van der Waals surface area contributed by atoms with Crippen LogP contribution >= 0.6 is 0 Å². The van der Waals surface area contributed by atoms with E-state index in [2.05, 4.69) is 24.1 Å². The second-order valence-corrected chi connectivity index (χ2v) is 5.53. The van der Waals surface area contributed by atoms with Crippen molar-refractivity contribution in [2.45, 2.75) is 31.9 Å². The Kier molecular flexibility index (Phi) is 5.13. The predicted octanol–water partition coefficient (Wildman–Crippen LogP) is -0.442. The Labute approximate surface area is 113 Å². The zero-order chi connectivity index (χ0) is 14.6. The van der Waals surface area contributed by atoms with Crippen LogP contribution in [-0.4, -0.2) is 76.9 Å². The second kappa shape index (κ2) is 6.21. The maximum absolute atomic E-state index is 11.9. The van der Waals surface area contributed by atoms with Gasteiger partial charge in [0.25, 0.3) is 0 Å². The number of nitrogens with zero attached hydrogens (tertiary/aromatic N) is 2. The van der Waals surface area contributed by atoms with Crippen LogP contribution in [0.1, 0.15) is 20.3 Å². The molecule has 0 aromatic rings. The number of hydrogen-bond acceptors (Lipinski definition) is 4. The molecule has 7 heteroatoms. The lowest BCUT2D eigenvalue weighted by atomic mass is 10.0. The average Bonchev–Trinajstić information content (AvgIpc) is 2.32. The fraction of sp³-hybridized carbons (Fsp3) is 0.833. The molecule has 1 saturated heterocycles. The van der Waals surface area contributed by atoms with Gasteiger partial charge in [0.1, 0.15) is 0 Å². The largest absolute Gasteiger partial charge is 0.479 e. The molecule has 0 aromatic carbocycles. The smallest absolute Gasteiger partial charge is 0.332 e. The first kappa shape index (κ1) is 15.7. The molecule has 3 N–H and O–H groups in total. The number of hydrogen-bond donors (Lipinski definition) is 3. The van der Waals surface area contributed by atoms with Gasteiger partial charge in [-0.25, -0.2) is 9.59 Å². The van der Waals surface area contributed by atoms with Crippen molar-refractivity contribution in [3.05, 3.63) is 0 Å². The topological polar surface area (TPSA) is 93.1 Å². The molecule has 7 nitrogen and oxygen atoms in total. The number of likely N-dealkylation sites (N-methyl/N-ethyl adjacent to an activating group) is 1. The Morgan fingerprint density at radius 1 is 1.37 bits per heavy atom. The number of aliphatic hydroxyl groups is 1. The van der Waals surface area contributed by atoms with Crippen LogP contribution in [-0.2, 0) is 4.79 Å². The van der Waals surface area contributed by atoms with Crippen LogP contribution in [0.15, 0.2) is 0 Å². The van der Waals surface area contributed by atoms with Gasteiger partial charge in [-0.1, -0.05) is 0 Å². The van der Waals surface area contributed by atoms with Crippen molar-refractivity contribution in [2.24, 2.45) is 0 Å². The van der Waals surface area contributed by atoms with Crippen molar-refractivity contribution in [3.8, 4) is 0 Å². The number of aliphatic carboxylic acids is 1. The first-order chi connectivity index (χ1) is 8.74. The van der Waals surface area contributed by atoms with E-state index in [0.29, 0.717) is 13.1 Å². The maximum atomic E-state index is 11.9. The first-order valence-corrected chi connectivity index (χ1v) is 6.39. The molecule has 1 heterocycles. The molecule has 0 aliphatic carbocycles. The van der Waals surface area contributed by atoms with Gasteiger partial charge in [0.2, 0.25) is 0 Å². The Bertz CT molecular complexity index is 346. The number of carbonyl (C=O) groups excluding carboxylic acids is 1. The van der Waals surface area contributed by atoms with Gasteiger partial charge in [-0.2, -0.15) is 0 Å². The molecule has 0 spiro atoms. The minimum atomic E-state index is -1.43. The Morgan fingerprint density at radius 2 is 2.00 bits per heavy atom. The molecule has 0 saturated carbocycles. The van der Waals surface area contributed by atoms with Crippen molar-refractivity contribution in [2.75, 3.05) is 33.2 Å². The highest BCUT2D eigenvalue weighted by molar-refractivity contribution is 5.75. The lowest BCUT2D eigenvalue weighted by Crippen LogP contribution is -2.60. The summed E-state index contributed by atoms with van der Waals surface area (Å²) in [5, 5.41) is 20.2. The summed E-state index contributed by atoms with van der Waals surface area (Å²) in [6, 6.07) is -0.209. The fourth-order valence-electron chi connectivity index (χ4n) is 1.96. The van der Waals surface area contributed by atoms with Gasteiger partial charge in [0.15, 0.2) is 6.10 Å². The number of piperazine rings is 1. The van der Waals surface area contributed by atoms with Crippen LogP contribution in [0.25, 0.3) is 0 Å². The van der Waals surface area contributed by atoms with Crippen LogP contribution in [0.2, 0.25) is 0 Å². The summed E-state index contributed by atoms with van der Waals surface area (Å²) in [6.07, 6.45) is -1.41. The molecule has 1 unspecified atom stereocenters. The molecular weight excluding hydrogens is 250 g/mol. The third-order valence-electron chi connectivity index (χ3n) is 3.58. The van der Waals surface area contributed by atoms with Crippen molar-refractivity contribution in [1.29, 1.82) is 0 Å². The van der Waals surface area contributed by atoms with E-state index in [0.717, 1.165) is 6.54 Å². The quantitative estimate of drug-likeness (QED) is 0.645. The van der Waals surface area contributed by atoms with Gasteiger partial charge in [0.05, 0.1) is 0 Å². The SMILES string of the molecule is CN1CCN(C(=O)NCCC(O)C(=O)O)CC1(C)C. The number of carboxylic acid groups (broad SMARTS) is 1. The van der Waals surface area contributed by atoms with E-state index in [1.54, 1.807) is 4.90 Å². The van der Waals surface area contributed by atoms with Crippen molar-refractivity contribution < 1.29 is 19.8 Å². The zero-order valence-corrected chi connectivity index (χ0v) is 11.7. The number of aliphatic hydroxyl groups excluding tert-OH is 1. The number of nitrogens with one attached hydrogen (secondary N) is 1. The number of rotatable bonds is 4. The van der Waals surface area contributed by atoms with Gasteiger partial charge in [-0.05, 0) is 20.9 Å². The molecule has 1 aliphatic rings. The molecule has 0 radical (unpaired) electrons. The van der Waals surface area contributed by atoms with E-state index in [9.17, 15) is 9.59 Å². The van der Waals surface area contributed by atoms with Crippen LogP contribution in [0, 0.1) is 0 Å². The third kappa shape index (κ3) is 4.36. The molecule has 2 amide bonds. The molecule has 1 atom stereocenters. The molecule has 1 aliphatic heterocycles. The summed E-state index contributed by atoms with van der Waals surface area (Å²) in [6.45, 7) is 6.36. The maximum Gasteiger partial charge on any atom is 0.332 e. The van der Waals surface area contributed by atoms with E-state index < -0.39 is 12.1 Å². The van der Waals surface area contributed by atoms with Gasteiger partial charge < -0.3 is 20.4 Å². The van der Waals surface area contributed by atoms with Crippen molar-refractivity contribution in [1.82, 2.24) is 15.1 Å². The third-order valence-corrected chi connectivity index (χ3v) is 3.58. The molecule has 1 fully saturated rings. The van der Waals surface area contributed by atoms with E-state index in [-0.39, 0.29) is 24.5 Å². The number of carbonyl (C=O) groups is 2. The van der Waals surface area contributed by atoms with E-state index >= 15 is 0 Å². The summed E-state index contributed by atoms with van der Waals surface area (Å²) in [7, 11) is 2.03. The zero-order valence-electron chi connectivity index (χ0n) is 11.7. The molecule has 0 aromatic heterocycles. The monoisotopic (exact) mass is 273 g/mol. The Balaban J connectivity index is 2.36.